The molecule has 2 fully saturated rings. The first-order valence-electron chi connectivity index (χ1n) is 12.5. The van der Waals surface area contributed by atoms with Gasteiger partial charge in [-0.05, 0) is 35.4 Å². The van der Waals surface area contributed by atoms with Crippen LogP contribution in [0.1, 0.15) is 51.5 Å². The van der Waals surface area contributed by atoms with Crippen LogP contribution in [0.4, 0.5) is 0 Å². The molecule has 0 saturated carbocycles. The molecule has 6 heteroatoms. The predicted molar refractivity (Wildman–Crippen MR) is 134 cm³/mol. The smallest absolute Gasteiger partial charge is 0.240 e. The lowest BCUT2D eigenvalue weighted by atomic mass is 9.75. The molecule has 2 unspecified atom stereocenters. The van der Waals surface area contributed by atoms with Crippen LogP contribution in [0.15, 0.2) is 54.6 Å². The van der Waals surface area contributed by atoms with E-state index in [2.05, 4.69) is 0 Å². The van der Waals surface area contributed by atoms with Gasteiger partial charge in [-0.15, -0.1) is 0 Å². The van der Waals surface area contributed by atoms with E-state index in [1.807, 2.05) is 68.4 Å². The van der Waals surface area contributed by atoms with Gasteiger partial charge in [0.05, 0.1) is 5.41 Å². The summed E-state index contributed by atoms with van der Waals surface area (Å²) < 4.78 is 0. The molecular formula is C29H34N2O4. The van der Waals surface area contributed by atoms with Crippen LogP contribution in [0.25, 0.3) is 11.1 Å². The highest BCUT2D eigenvalue weighted by Crippen LogP contribution is 2.41. The van der Waals surface area contributed by atoms with Gasteiger partial charge in [-0.25, -0.2) is 0 Å². The maximum absolute atomic E-state index is 13.5. The molecule has 35 heavy (non-hydrogen) atoms. The molecule has 2 aliphatic heterocycles. The first-order chi connectivity index (χ1) is 16.7. The van der Waals surface area contributed by atoms with Crippen molar-refractivity contribution in [2.45, 2.75) is 51.4 Å². The number of ketones is 1. The first kappa shape index (κ1) is 24.8. The van der Waals surface area contributed by atoms with E-state index in [9.17, 15) is 19.2 Å². The van der Waals surface area contributed by atoms with Crippen LogP contribution in [0.5, 0.6) is 0 Å². The van der Waals surface area contributed by atoms with Crippen LogP contribution < -0.4 is 0 Å². The maximum atomic E-state index is 13.5. The van der Waals surface area contributed by atoms with E-state index < -0.39 is 5.41 Å². The van der Waals surface area contributed by atoms with E-state index in [0.29, 0.717) is 25.1 Å². The zero-order chi connectivity index (χ0) is 25.2. The second kappa shape index (κ2) is 10.1. The number of benzene rings is 2. The quantitative estimate of drug-likeness (QED) is 0.563. The largest absolute Gasteiger partial charge is 0.342 e. The van der Waals surface area contributed by atoms with Gasteiger partial charge < -0.3 is 4.90 Å². The van der Waals surface area contributed by atoms with Gasteiger partial charge in [0.1, 0.15) is 5.78 Å². The van der Waals surface area contributed by atoms with Crippen LogP contribution in [0.3, 0.4) is 0 Å². The van der Waals surface area contributed by atoms with Gasteiger partial charge in [-0.2, -0.15) is 0 Å². The van der Waals surface area contributed by atoms with Crippen LogP contribution in [-0.2, 0) is 24.6 Å². The summed E-state index contributed by atoms with van der Waals surface area (Å²) in [7, 11) is 1.48. The Kier molecular flexibility index (Phi) is 7.20. The van der Waals surface area contributed by atoms with Gasteiger partial charge in [0.25, 0.3) is 0 Å². The summed E-state index contributed by atoms with van der Waals surface area (Å²) in [5, 5.41) is 0. The van der Waals surface area contributed by atoms with Crippen LogP contribution in [-0.4, -0.2) is 53.4 Å². The van der Waals surface area contributed by atoms with Gasteiger partial charge in [-0.3, -0.25) is 24.1 Å². The summed E-state index contributed by atoms with van der Waals surface area (Å²) in [6.07, 6.45) is 1.98. The van der Waals surface area contributed by atoms with Crippen molar-refractivity contribution in [2.75, 3.05) is 20.1 Å². The Morgan fingerprint density at radius 1 is 1.00 bits per heavy atom. The number of carbonyl (C=O) groups excluding carboxylic acids is 4. The topological polar surface area (TPSA) is 74.8 Å². The third kappa shape index (κ3) is 5.07. The second-order valence-electron chi connectivity index (χ2n) is 10.4. The number of imide groups is 1. The molecule has 3 amide bonds. The molecule has 0 aromatic heterocycles. The molecule has 0 spiro atoms. The lowest BCUT2D eigenvalue weighted by Crippen LogP contribution is -2.46. The van der Waals surface area contributed by atoms with Gasteiger partial charge in [0, 0.05) is 45.3 Å². The summed E-state index contributed by atoms with van der Waals surface area (Å²) in [5.74, 6) is -0.453. The number of amides is 3. The molecule has 2 aromatic rings. The molecule has 184 valence electrons. The molecule has 4 rings (SSSR count). The van der Waals surface area contributed by atoms with Crippen molar-refractivity contribution < 1.29 is 19.2 Å². The fraction of sp³-hybridized carbons (Fsp3) is 0.448. The standard InChI is InChI=1S/C29H34N2O4/c1-20(2)16-25(32)23-10-7-15-31(19-23)27(34)18-29(17-26(33)30(3)28(29)35)24-13-11-22(12-14-24)21-8-5-4-6-9-21/h4-6,8-9,11-14,20,23H,7,10,15-19H2,1-3H3. The molecule has 6 nitrogen and oxygen atoms in total. The Morgan fingerprint density at radius 2 is 1.66 bits per heavy atom. The van der Waals surface area contributed by atoms with Crippen LogP contribution >= 0.6 is 0 Å². The van der Waals surface area contributed by atoms with Crippen molar-refractivity contribution in [3.63, 3.8) is 0 Å². The molecule has 0 radical (unpaired) electrons. The summed E-state index contributed by atoms with van der Waals surface area (Å²) in [6, 6.07) is 17.5. The fourth-order valence-corrected chi connectivity index (χ4v) is 5.37. The Hall–Kier alpha value is -3.28. The normalized spacial score (nSPS) is 22.7. The minimum Gasteiger partial charge on any atom is -0.342 e. The molecule has 2 saturated heterocycles. The van der Waals surface area contributed by atoms with Crippen molar-refractivity contribution in [1.29, 1.82) is 0 Å². The number of likely N-dealkylation sites (N-methyl/N-ethyl adjacent to an activating group) is 1. The van der Waals surface area contributed by atoms with Gasteiger partial charge in [-0.1, -0.05) is 68.4 Å². The monoisotopic (exact) mass is 474 g/mol. The fourth-order valence-electron chi connectivity index (χ4n) is 5.37. The zero-order valence-corrected chi connectivity index (χ0v) is 20.8. The molecular weight excluding hydrogens is 440 g/mol. The number of rotatable bonds is 7. The summed E-state index contributed by atoms with van der Waals surface area (Å²) in [6.45, 7) is 5.02. The number of hydrogen-bond acceptors (Lipinski definition) is 4. The van der Waals surface area contributed by atoms with Crippen LogP contribution in [0.2, 0.25) is 0 Å². The highest BCUT2D eigenvalue weighted by atomic mass is 16.2. The van der Waals surface area contributed by atoms with E-state index in [1.165, 1.54) is 7.05 Å². The number of likely N-dealkylation sites (tertiary alicyclic amines) is 2. The summed E-state index contributed by atoms with van der Waals surface area (Å²) >= 11 is 0. The van der Waals surface area contributed by atoms with Crippen molar-refractivity contribution >= 4 is 23.5 Å². The molecule has 0 N–H and O–H groups in total. The molecule has 0 aliphatic carbocycles. The second-order valence-corrected chi connectivity index (χ2v) is 10.4. The molecule has 2 atom stereocenters. The highest BCUT2D eigenvalue weighted by molar-refractivity contribution is 6.10. The van der Waals surface area contributed by atoms with E-state index in [0.717, 1.165) is 28.9 Å². The molecule has 2 aromatic carbocycles. The average Bonchev–Trinajstić information content (AvgIpc) is 3.08. The minimum atomic E-state index is -1.22. The van der Waals surface area contributed by atoms with E-state index in [1.54, 1.807) is 4.90 Å². The Morgan fingerprint density at radius 3 is 2.26 bits per heavy atom. The van der Waals surface area contributed by atoms with E-state index >= 15 is 0 Å². The third-order valence-electron chi connectivity index (χ3n) is 7.38. The number of piperidine rings is 1. The minimum absolute atomic E-state index is 0.0255. The molecule has 2 heterocycles. The Labute approximate surface area is 207 Å². The van der Waals surface area contributed by atoms with Gasteiger partial charge in [0.2, 0.25) is 17.7 Å². The van der Waals surface area contributed by atoms with E-state index in [4.69, 9.17) is 0 Å². The van der Waals surface area contributed by atoms with E-state index in [-0.39, 0.29) is 48.2 Å². The Bertz CT molecular complexity index is 1110. The Balaban J connectivity index is 1.58. The first-order valence-corrected chi connectivity index (χ1v) is 12.5. The van der Waals surface area contributed by atoms with Crippen LogP contribution in [0, 0.1) is 11.8 Å². The predicted octanol–water partition coefficient (Wildman–Crippen LogP) is 4.22. The number of hydrogen-bond donors (Lipinski definition) is 0. The number of nitrogens with zero attached hydrogens (tertiary/aromatic N) is 2. The molecule has 2 aliphatic rings. The lowest BCUT2D eigenvalue weighted by molar-refractivity contribution is -0.143. The van der Waals surface area contributed by atoms with Gasteiger partial charge in [0.15, 0.2) is 0 Å². The number of carbonyl (C=O) groups is 4. The average molecular weight is 475 g/mol. The van der Waals surface area contributed by atoms with Crippen molar-refractivity contribution in [1.82, 2.24) is 9.80 Å². The SMILES string of the molecule is CC(C)CC(=O)C1CCCN(C(=O)CC2(c3ccc(-c4ccccc4)cc3)CC(=O)N(C)C2=O)C1. The summed E-state index contributed by atoms with van der Waals surface area (Å²) in [5.41, 5.74) is 1.52. The highest BCUT2D eigenvalue weighted by Gasteiger charge is 2.53. The lowest BCUT2D eigenvalue weighted by Gasteiger charge is -2.35. The maximum Gasteiger partial charge on any atom is 0.240 e. The summed E-state index contributed by atoms with van der Waals surface area (Å²) in [4.78, 5) is 55.0. The molecule has 0 bridgehead atoms. The third-order valence-corrected chi connectivity index (χ3v) is 7.38. The van der Waals surface area contributed by atoms with Gasteiger partial charge >= 0.3 is 0 Å². The van der Waals surface area contributed by atoms with Crippen molar-refractivity contribution in [2.24, 2.45) is 11.8 Å². The zero-order valence-electron chi connectivity index (χ0n) is 20.8. The van der Waals surface area contributed by atoms with Crippen molar-refractivity contribution in [3.05, 3.63) is 60.2 Å². The van der Waals surface area contributed by atoms with Crippen molar-refractivity contribution in [3.8, 4) is 11.1 Å². The number of Topliss-reactive ketones (excluding diaryl/α,β-unsaturated/α-hetero) is 1.